The second-order valence-corrected chi connectivity index (χ2v) is 7.60. The second-order valence-electron chi connectivity index (χ2n) is 7.60. The largest absolute Gasteiger partial charge is 0.466 e. The number of carbonyl (C=O) groups is 2. The van der Waals surface area contributed by atoms with Crippen molar-refractivity contribution in [2.45, 2.75) is 19.9 Å². The van der Waals surface area contributed by atoms with E-state index in [1.807, 2.05) is 92.7 Å². The fourth-order valence-electron chi connectivity index (χ4n) is 3.77. The van der Waals surface area contributed by atoms with E-state index in [1.165, 1.54) is 7.11 Å². The van der Waals surface area contributed by atoms with Crippen LogP contribution in [-0.2, 0) is 14.3 Å². The average molecular weight is 412 g/mol. The van der Waals surface area contributed by atoms with E-state index in [2.05, 4.69) is 5.32 Å². The number of hydrogen-bond donors (Lipinski definition) is 1. The molecule has 5 nitrogen and oxygen atoms in total. The molecule has 156 valence electrons. The van der Waals surface area contributed by atoms with Crippen molar-refractivity contribution in [1.29, 1.82) is 0 Å². The lowest BCUT2D eigenvalue weighted by molar-refractivity contribution is -0.136. The first-order chi connectivity index (χ1) is 15.0. The molecular weight excluding hydrogens is 388 g/mol. The summed E-state index contributed by atoms with van der Waals surface area (Å²) in [4.78, 5) is 28.3. The van der Waals surface area contributed by atoms with Crippen LogP contribution in [0.15, 0.2) is 90.1 Å². The summed E-state index contributed by atoms with van der Waals surface area (Å²) in [6.07, 6.45) is 0. The number of anilines is 2. The zero-order chi connectivity index (χ0) is 22.0. The number of methoxy groups -OCH3 is 1. The van der Waals surface area contributed by atoms with Gasteiger partial charge in [-0.3, -0.25) is 9.69 Å². The lowest BCUT2D eigenvalue weighted by Crippen LogP contribution is -2.31. The highest BCUT2D eigenvalue weighted by Crippen LogP contribution is 2.42. The molecule has 0 bridgehead atoms. The number of amides is 1. The molecule has 0 fully saturated rings. The van der Waals surface area contributed by atoms with Crippen molar-refractivity contribution < 1.29 is 14.3 Å². The third kappa shape index (κ3) is 3.94. The van der Waals surface area contributed by atoms with Gasteiger partial charge in [-0.25, -0.2) is 4.79 Å². The molecule has 1 atom stereocenters. The highest BCUT2D eigenvalue weighted by molar-refractivity contribution is 6.17. The Morgan fingerprint density at radius 3 is 2.03 bits per heavy atom. The van der Waals surface area contributed by atoms with Gasteiger partial charge in [0.15, 0.2) is 0 Å². The number of aryl methyl sites for hydroxylation is 2. The van der Waals surface area contributed by atoms with Gasteiger partial charge in [0.1, 0.15) is 5.70 Å². The average Bonchev–Trinajstić information content (AvgIpc) is 3.08. The van der Waals surface area contributed by atoms with Crippen LogP contribution in [-0.4, -0.2) is 19.0 Å². The van der Waals surface area contributed by atoms with Gasteiger partial charge < -0.3 is 10.1 Å². The quantitative estimate of drug-likeness (QED) is 0.604. The van der Waals surface area contributed by atoms with Gasteiger partial charge in [-0.2, -0.15) is 0 Å². The first kappa shape index (κ1) is 20.4. The minimum atomic E-state index is -0.600. The second kappa shape index (κ2) is 8.48. The molecular formula is C26H24N2O3. The van der Waals surface area contributed by atoms with E-state index >= 15 is 0 Å². The van der Waals surface area contributed by atoms with Crippen LogP contribution in [0.5, 0.6) is 0 Å². The lowest BCUT2D eigenvalue weighted by Gasteiger charge is -2.27. The number of nitrogens with zero attached hydrogens (tertiary/aromatic N) is 1. The van der Waals surface area contributed by atoms with Gasteiger partial charge in [0, 0.05) is 11.4 Å². The van der Waals surface area contributed by atoms with Crippen LogP contribution in [0.4, 0.5) is 11.4 Å². The van der Waals surface area contributed by atoms with Crippen LogP contribution in [0.1, 0.15) is 22.7 Å². The maximum Gasteiger partial charge on any atom is 0.338 e. The summed E-state index contributed by atoms with van der Waals surface area (Å²) < 4.78 is 5.11. The van der Waals surface area contributed by atoms with Crippen LogP contribution in [0.25, 0.3) is 0 Å². The van der Waals surface area contributed by atoms with E-state index in [-0.39, 0.29) is 11.6 Å². The summed E-state index contributed by atoms with van der Waals surface area (Å²) in [5.74, 6) is -0.815. The van der Waals surface area contributed by atoms with Crippen LogP contribution in [0.3, 0.4) is 0 Å². The number of rotatable bonds is 5. The third-order valence-electron chi connectivity index (χ3n) is 5.39. The summed E-state index contributed by atoms with van der Waals surface area (Å²) in [6, 6.07) is 24.3. The normalized spacial score (nSPS) is 15.9. The van der Waals surface area contributed by atoms with E-state index < -0.39 is 12.0 Å². The van der Waals surface area contributed by atoms with Crippen molar-refractivity contribution in [3.63, 3.8) is 0 Å². The van der Waals surface area contributed by atoms with Gasteiger partial charge in [0.05, 0.1) is 18.7 Å². The molecule has 1 aliphatic rings. The van der Waals surface area contributed by atoms with Gasteiger partial charge in [-0.15, -0.1) is 0 Å². The Bertz CT molecular complexity index is 1130. The topological polar surface area (TPSA) is 58.6 Å². The fourth-order valence-corrected chi connectivity index (χ4v) is 3.77. The van der Waals surface area contributed by atoms with Gasteiger partial charge in [-0.1, -0.05) is 65.7 Å². The summed E-state index contributed by atoms with van der Waals surface area (Å²) in [5.41, 5.74) is 4.99. The summed E-state index contributed by atoms with van der Waals surface area (Å²) in [7, 11) is 1.33. The third-order valence-corrected chi connectivity index (χ3v) is 5.39. The molecule has 1 aliphatic heterocycles. The number of carbonyl (C=O) groups excluding carboxylic acids is 2. The molecule has 1 unspecified atom stereocenters. The van der Waals surface area contributed by atoms with Crippen LogP contribution >= 0.6 is 0 Å². The standard InChI is InChI=1S/C26H24N2O3/c1-17-9-13-20(14-10-17)27-23-22(26(30)31-3)24(19-7-5-4-6-8-19)28(25(23)29)21-15-11-18(2)12-16-21/h4-16,24,27H,1-3H3. The van der Waals surface area contributed by atoms with E-state index in [0.29, 0.717) is 11.3 Å². The number of esters is 1. The molecule has 3 aromatic carbocycles. The van der Waals surface area contributed by atoms with Crippen LogP contribution < -0.4 is 10.2 Å². The molecule has 0 aromatic heterocycles. The molecule has 3 aromatic rings. The number of benzene rings is 3. The van der Waals surface area contributed by atoms with Gasteiger partial charge >= 0.3 is 5.97 Å². The zero-order valence-corrected chi connectivity index (χ0v) is 17.8. The van der Waals surface area contributed by atoms with Crippen molar-refractivity contribution in [2.24, 2.45) is 0 Å². The first-order valence-electron chi connectivity index (χ1n) is 10.1. The van der Waals surface area contributed by atoms with Crippen molar-refractivity contribution >= 4 is 23.3 Å². The summed E-state index contributed by atoms with van der Waals surface area (Å²) >= 11 is 0. The monoisotopic (exact) mass is 412 g/mol. The van der Waals surface area contributed by atoms with Crippen LogP contribution in [0.2, 0.25) is 0 Å². The molecule has 0 spiro atoms. The predicted octanol–water partition coefficient (Wildman–Crippen LogP) is 4.93. The fraction of sp³-hybridized carbons (Fsp3) is 0.154. The Kier molecular flexibility index (Phi) is 5.58. The number of ether oxygens (including phenoxy) is 1. The number of nitrogens with one attached hydrogen (secondary N) is 1. The molecule has 0 aliphatic carbocycles. The predicted molar refractivity (Wildman–Crippen MR) is 122 cm³/mol. The van der Waals surface area contributed by atoms with Crippen LogP contribution in [0, 0.1) is 13.8 Å². The SMILES string of the molecule is COC(=O)C1=C(Nc2ccc(C)cc2)C(=O)N(c2ccc(C)cc2)C1c1ccccc1. The molecule has 1 amide bonds. The molecule has 1 N–H and O–H groups in total. The molecule has 0 radical (unpaired) electrons. The summed E-state index contributed by atoms with van der Waals surface area (Å²) in [6.45, 7) is 3.99. The smallest absolute Gasteiger partial charge is 0.338 e. The maximum absolute atomic E-state index is 13.7. The molecule has 1 heterocycles. The zero-order valence-electron chi connectivity index (χ0n) is 17.8. The Morgan fingerprint density at radius 1 is 0.871 bits per heavy atom. The van der Waals surface area contributed by atoms with Crippen molar-refractivity contribution in [2.75, 3.05) is 17.3 Å². The van der Waals surface area contributed by atoms with E-state index in [4.69, 9.17) is 4.74 Å². The van der Waals surface area contributed by atoms with Crippen molar-refractivity contribution in [3.8, 4) is 0 Å². The number of hydrogen-bond acceptors (Lipinski definition) is 4. The molecule has 31 heavy (non-hydrogen) atoms. The highest BCUT2D eigenvalue weighted by atomic mass is 16.5. The van der Waals surface area contributed by atoms with Gasteiger partial charge in [0.25, 0.3) is 5.91 Å². The van der Waals surface area contributed by atoms with Gasteiger partial charge in [-0.05, 0) is 43.7 Å². The van der Waals surface area contributed by atoms with E-state index in [0.717, 1.165) is 22.4 Å². The molecule has 0 saturated heterocycles. The molecule has 4 rings (SSSR count). The Morgan fingerprint density at radius 2 is 1.45 bits per heavy atom. The lowest BCUT2D eigenvalue weighted by atomic mass is 9.98. The Labute approximate surface area is 182 Å². The van der Waals surface area contributed by atoms with Crippen molar-refractivity contribution in [3.05, 3.63) is 107 Å². The minimum absolute atomic E-state index is 0.227. The molecule has 5 heteroatoms. The van der Waals surface area contributed by atoms with E-state index in [1.54, 1.807) is 4.90 Å². The van der Waals surface area contributed by atoms with E-state index in [9.17, 15) is 9.59 Å². The summed E-state index contributed by atoms with van der Waals surface area (Å²) in [5, 5.41) is 3.18. The Balaban J connectivity index is 1.88. The maximum atomic E-state index is 13.7. The molecule has 0 saturated carbocycles. The Hall–Kier alpha value is -3.86. The highest BCUT2D eigenvalue weighted by Gasteiger charge is 2.44. The van der Waals surface area contributed by atoms with Gasteiger partial charge in [0.2, 0.25) is 0 Å². The minimum Gasteiger partial charge on any atom is -0.466 e. The first-order valence-corrected chi connectivity index (χ1v) is 10.1. The van der Waals surface area contributed by atoms with Crippen molar-refractivity contribution in [1.82, 2.24) is 0 Å².